The van der Waals surface area contributed by atoms with Crippen molar-refractivity contribution in [1.82, 2.24) is 15.2 Å². The summed E-state index contributed by atoms with van der Waals surface area (Å²) >= 11 is 6.09. The number of anilines is 1. The third kappa shape index (κ3) is 4.43. The van der Waals surface area contributed by atoms with Crippen molar-refractivity contribution >= 4 is 34.1 Å². The number of rotatable bonds is 5. The summed E-state index contributed by atoms with van der Waals surface area (Å²) in [6.07, 6.45) is 1.83. The molecule has 0 saturated carbocycles. The first-order valence-corrected chi connectivity index (χ1v) is 9.89. The van der Waals surface area contributed by atoms with Gasteiger partial charge in [0.1, 0.15) is 0 Å². The highest BCUT2D eigenvalue weighted by atomic mass is 35.5. The SMILES string of the molecule is O=C(CN1CCN(c2ccnc3cc(Cl)ccc23)CC1)NCc1ccccc1. The van der Waals surface area contributed by atoms with Gasteiger partial charge in [0.25, 0.3) is 0 Å². The van der Waals surface area contributed by atoms with Crippen LogP contribution in [0.4, 0.5) is 5.69 Å². The van der Waals surface area contributed by atoms with Crippen LogP contribution in [0.15, 0.2) is 60.8 Å². The maximum Gasteiger partial charge on any atom is 0.234 e. The van der Waals surface area contributed by atoms with Gasteiger partial charge >= 0.3 is 0 Å². The van der Waals surface area contributed by atoms with Gasteiger partial charge in [0.2, 0.25) is 5.91 Å². The molecule has 0 aliphatic carbocycles. The van der Waals surface area contributed by atoms with Crippen molar-refractivity contribution in [3.05, 3.63) is 71.4 Å². The topological polar surface area (TPSA) is 48.5 Å². The molecule has 28 heavy (non-hydrogen) atoms. The van der Waals surface area contributed by atoms with Gasteiger partial charge in [0.15, 0.2) is 0 Å². The van der Waals surface area contributed by atoms with Gasteiger partial charge in [-0.1, -0.05) is 41.9 Å². The van der Waals surface area contributed by atoms with Crippen molar-refractivity contribution in [3.8, 4) is 0 Å². The fourth-order valence-corrected chi connectivity index (χ4v) is 3.75. The number of nitrogens with zero attached hydrogens (tertiary/aromatic N) is 3. The summed E-state index contributed by atoms with van der Waals surface area (Å²) in [4.78, 5) is 21.2. The van der Waals surface area contributed by atoms with Crippen LogP contribution in [0, 0.1) is 0 Å². The van der Waals surface area contributed by atoms with Crippen molar-refractivity contribution in [2.75, 3.05) is 37.6 Å². The number of aromatic nitrogens is 1. The number of nitrogens with one attached hydrogen (secondary N) is 1. The molecule has 1 aliphatic rings. The van der Waals surface area contributed by atoms with Crippen LogP contribution in [0.25, 0.3) is 10.9 Å². The van der Waals surface area contributed by atoms with Gasteiger partial charge in [-0.25, -0.2) is 0 Å². The number of pyridine rings is 1. The monoisotopic (exact) mass is 394 g/mol. The second-order valence-electron chi connectivity index (χ2n) is 7.02. The molecule has 0 atom stereocenters. The number of halogens is 1. The standard InChI is InChI=1S/C22H23ClN4O/c23-18-6-7-19-20(14-18)24-9-8-21(19)27-12-10-26(11-13-27)16-22(28)25-15-17-4-2-1-3-5-17/h1-9,14H,10-13,15-16H2,(H,25,28). The Morgan fingerprint density at radius 3 is 2.61 bits per heavy atom. The van der Waals surface area contributed by atoms with Gasteiger partial charge < -0.3 is 10.2 Å². The Kier molecular flexibility index (Phi) is 5.74. The molecule has 0 unspecified atom stereocenters. The molecule has 1 amide bonds. The number of benzene rings is 2. The van der Waals surface area contributed by atoms with Crippen molar-refractivity contribution in [2.24, 2.45) is 0 Å². The van der Waals surface area contributed by atoms with Crippen LogP contribution in [0.3, 0.4) is 0 Å². The highest BCUT2D eigenvalue weighted by molar-refractivity contribution is 6.31. The number of piperazine rings is 1. The molecule has 4 rings (SSSR count). The number of hydrogen-bond acceptors (Lipinski definition) is 4. The number of carbonyl (C=O) groups is 1. The minimum absolute atomic E-state index is 0.0707. The van der Waals surface area contributed by atoms with Crippen LogP contribution >= 0.6 is 11.6 Å². The minimum atomic E-state index is 0.0707. The number of amides is 1. The Labute approximate surface area is 169 Å². The highest BCUT2D eigenvalue weighted by Crippen LogP contribution is 2.28. The predicted molar refractivity (Wildman–Crippen MR) is 114 cm³/mol. The average Bonchev–Trinajstić information content (AvgIpc) is 2.73. The summed E-state index contributed by atoms with van der Waals surface area (Å²) in [5, 5.41) is 4.81. The zero-order chi connectivity index (χ0) is 19.3. The van der Waals surface area contributed by atoms with Crippen molar-refractivity contribution in [1.29, 1.82) is 0 Å². The molecule has 3 aromatic rings. The van der Waals surface area contributed by atoms with Gasteiger partial charge in [-0.15, -0.1) is 0 Å². The van der Waals surface area contributed by atoms with E-state index in [0.717, 1.165) is 42.6 Å². The summed E-state index contributed by atoms with van der Waals surface area (Å²) in [5.41, 5.74) is 3.20. The van der Waals surface area contributed by atoms with E-state index in [1.165, 1.54) is 5.69 Å². The molecule has 1 aliphatic heterocycles. The van der Waals surface area contributed by atoms with E-state index in [0.29, 0.717) is 18.1 Å². The molecule has 0 bridgehead atoms. The first kappa shape index (κ1) is 18.7. The Bertz CT molecular complexity index is 955. The molecule has 0 radical (unpaired) electrons. The lowest BCUT2D eigenvalue weighted by atomic mass is 10.1. The van der Waals surface area contributed by atoms with Crippen LogP contribution in [0.1, 0.15) is 5.56 Å². The van der Waals surface area contributed by atoms with E-state index in [2.05, 4.69) is 26.2 Å². The molecular formula is C22H23ClN4O. The van der Waals surface area contributed by atoms with Gasteiger partial charge in [0, 0.05) is 55.0 Å². The van der Waals surface area contributed by atoms with Gasteiger partial charge in [0.05, 0.1) is 12.1 Å². The van der Waals surface area contributed by atoms with Crippen LogP contribution < -0.4 is 10.2 Å². The van der Waals surface area contributed by atoms with Crippen molar-refractivity contribution in [3.63, 3.8) is 0 Å². The third-order valence-electron chi connectivity index (χ3n) is 5.09. The highest BCUT2D eigenvalue weighted by Gasteiger charge is 2.20. The van der Waals surface area contributed by atoms with Gasteiger partial charge in [-0.2, -0.15) is 0 Å². The molecule has 1 saturated heterocycles. The maximum absolute atomic E-state index is 12.3. The third-order valence-corrected chi connectivity index (χ3v) is 5.33. The molecule has 6 heteroatoms. The first-order valence-electron chi connectivity index (χ1n) is 9.51. The smallest absolute Gasteiger partial charge is 0.234 e. The molecule has 1 aromatic heterocycles. The van der Waals surface area contributed by atoms with Crippen molar-refractivity contribution < 1.29 is 4.79 Å². The summed E-state index contributed by atoms with van der Waals surface area (Å²) < 4.78 is 0. The Balaban J connectivity index is 1.32. The van der Waals surface area contributed by atoms with Crippen LogP contribution in [0.5, 0.6) is 0 Å². The first-order chi connectivity index (χ1) is 13.7. The Morgan fingerprint density at radius 1 is 1.04 bits per heavy atom. The Morgan fingerprint density at radius 2 is 1.82 bits per heavy atom. The normalized spacial score (nSPS) is 15.0. The molecule has 1 N–H and O–H groups in total. The second-order valence-corrected chi connectivity index (χ2v) is 7.45. The van der Waals surface area contributed by atoms with E-state index in [1.807, 2.05) is 54.7 Å². The molecule has 5 nitrogen and oxygen atoms in total. The molecule has 2 heterocycles. The van der Waals surface area contributed by atoms with Crippen LogP contribution in [-0.2, 0) is 11.3 Å². The largest absolute Gasteiger partial charge is 0.368 e. The van der Waals surface area contributed by atoms with Gasteiger partial charge in [-0.05, 0) is 29.8 Å². The van der Waals surface area contributed by atoms with Gasteiger partial charge in [-0.3, -0.25) is 14.7 Å². The average molecular weight is 395 g/mol. The molecular weight excluding hydrogens is 372 g/mol. The van der Waals surface area contributed by atoms with Crippen molar-refractivity contribution in [2.45, 2.75) is 6.54 Å². The van der Waals surface area contributed by atoms with E-state index in [-0.39, 0.29) is 5.91 Å². The number of hydrogen-bond donors (Lipinski definition) is 1. The molecule has 2 aromatic carbocycles. The fraction of sp³-hybridized carbons (Fsp3) is 0.273. The lowest BCUT2D eigenvalue weighted by Gasteiger charge is -2.36. The number of carbonyl (C=O) groups excluding carboxylic acids is 1. The maximum atomic E-state index is 12.3. The van der Waals surface area contributed by atoms with E-state index >= 15 is 0 Å². The zero-order valence-corrected chi connectivity index (χ0v) is 16.4. The summed E-state index contributed by atoms with van der Waals surface area (Å²) in [6.45, 7) is 4.49. The Hall–Kier alpha value is -2.63. The van der Waals surface area contributed by atoms with E-state index in [4.69, 9.17) is 11.6 Å². The molecule has 1 fully saturated rings. The molecule has 0 spiro atoms. The van der Waals surface area contributed by atoms with Crippen LogP contribution in [0.2, 0.25) is 5.02 Å². The second kappa shape index (κ2) is 8.59. The minimum Gasteiger partial charge on any atom is -0.368 e. The fourth-order valence-electron chi connectivity index (χ4n) is 3.58. The summed E-state index contributed by atoms with van der Waals surface area (Å²) in [6, 6.07) is 17.9. The van der Waals surface area contributed by atoms with E-state index in [1.54, 1.807) is 0 Å². The van der Waals surface area contributed by atoms with E-state index < -0.39 is 0 Å². The molecule has 144 valence electrons. The summed E-state index contributed by atoms with van der Waals surface area (Å²) in [7, 11) is 0. The predicted octanol–water partition coefficient (Wildman–Crippen LogP) is 3.33. The summed E-state index contributed by atoms with van der Waals surface area (Å²) in [5.74, 6) is 0.0707. The number of fused-ring (bicyclic) bond motifs is 1. The quantitative estimate of drug-likeness (QED) is 0.721. The zero-order valence-electron chi connectivity index (χ0n) is 15.6. The van der Waals surface area contributed by atoms with Crippen LogP contribution in [-0.4, -0.2) is 48.5 Å². The van der Waals surface area contributed by atoms with E-state index in [9.17, 15) is 4.79 Å². The lowest BCUT2D eigenvalue weighted by molar-refractivity contribution is -0.122. The lowest BCUT2D eigenvalue weighted by Crippen LogP contribution is -2.49.